The Labute approximate surface area is 502 Å². The summed E-state index contributed by atoms with van der Waals surface area (Å²) in [6.45, 7) is 61.6. The second kappa shape index (κ2) is 33.8. The molecule has 0 saturated carbocycles. The number of aliphatic hydroxyl groups is 1. The number of carbonyl (C=O) groups excluding carboxylic acids is 4. The van der Waals surface area contributed by atoms with Gasteiger partial charge in [0, 0.05) is 17.8 Å². The zero-order chi connectivity index (χ0) is 64.6. The Hall–Kier alpha value is -5.53. The number of hydrogen-bond acceptors (Lipinski definition) is 13. The van der Waals surface area contributed by atoms with Crippen molar-refractivity contribution >= 4 is 35.6 Å². The number of carbonyl (C=O) groups is 4. The monoisotopic (exact) mass is 1170 g/mol. The van der Waals surface area contributed by atoms with E-state index in [-0.39, 0.29) is 81.3 Å². The van der Waals surface area contributed by atoms with Gasteiger partial charge >= 0.3 is 35.9 Å². The van der Waals surface area contributed by atoms with Crippen molar-refractivity contribution in [2.24, 2.45) is 34.0 Å². The number of rotatable bonds is 37. The minimum Gasteiger partial charge on any atom is -0.490 e. The number of hydrogen-bond donors (Lipinski definition) is 3. The molecular weight excluding hydrogens is 1050 g/mol. The molecule has 3 N–H and O–H groups in total. The van der Waals surface area contributed by atoms with Gasteiger partial charge in [-0.3, -0.25) is 20.1 Å². The molecular formula is C65H113N8O10+3. The molecule has 0 radical (unpaired) electrons. The Kier molecular flexibility index (Phi) is 31.6. The first kappa shape index (κ1) is 77.5. The van der Waals surface area contributed by atoms with Crippen LogP contribution in [-0.4, -0.2) is 156 Å². The van der Waals surface area contributed by atoms with Crippen LogP contribution in [-0.2, 0) is 42.9 Å². The predicted molar refractivity (Wildman–Crippen MR) is 327 cm³/mol. The summed E-state index contributed by atoms with van der Waals surface area (Å²) in [6, 6.07) is 2.23. The number of nitriles is 1. The van der Waals surface area contributed by atoms with Crippen molar-refractivity contribution in [3.8, 4) is 6.07 Å². The van der Waals surface area contributed by atoms with Gasteiger partial charge < -0.3 is 37.8 Å². The van der Waals surface area contributed by atoms with E-state index < -0.39 is 83.7 Å². The number of aliphatic hydroxyl groups excluding tert-OH is 1. The summed E-state index contributed by atoms with van der Waals surface area (Å²) >= 11 is 0. The maximum absolute atomic E-state index is 15.9. The molecule has 0 bridgehead atoms. The Balaban J connectivity index is 9.10. The molecule has 83 heavy (non-hydrogen) atoms. The minimum absolute atomic E-state index is 0.00212. The Morgan fingerprint density at radius 2 is 1.01 bits per heavy atom. The van der Waals surface area contributed by atoms with Crippen LogP contribution in [0.5, 0.6) is 0 Å². The molecule has 18 nitrogen and oxygen atoms in total. The lowest BCUT2D eigenvalue weighted by atomic mass is 9.82. The largest absolute Gasteiger partial charge is 0.490 e. The molecule has 0 amide bonds. The van der Waals surface area contributed by atoms with E-state index in [2.05, 4.69) is 104 Å². The van der Waals surface area contributed by atoms with E-state index in [9.17, 15) is 20.0 Å². The molecule has 0 saturated heterocycles. The molecule has 0 aromatic carbocycles. The zero-order valence-electron chi connectivity index (χ0n) is 55.7. The van der Waals surface area contributed by atoms with Crippen molar-refractivity contribution in [3.63, 3.8) is 0 Å². The van der Waals surface area contributed by atoms with Gasteiger partial charge in [0.2, 0.25) is 5.70 Å². The zero-order valence-corrected chi connectivity index (χ0v) is 55.7. The fraction of sp³-hybridized carbons (Fsp3) is 0.800. The second-order valence-electron chi connectivity index (χ2n) is 27.4. The van der Waals surface area contributed by atoms with Crippen LogP contribution >= 0.6 is 0 Å². The summed E-state index contributed by atoms with van der Waals surface area (Å²) in [6.07, 6.45) is 1.07. The third-order valence-electron chi connectivity index (χ3n) is 16.6. The number of likely N-dealkylation sites (N-methyl/N-ethyl adjacent to an activating group) is 3. The van der Waals surface area contributed by atoms with E-state index in [1.165, 1.54) is 0 Å². The molecule has 0 aromatic rings. The van der Waals surface area contributed by atoms with Crippen molar-refractivity contribution in [2.75, 3.05) is 72.0 Å². The smallest absolute Gasteiger partial charge is 0.413 e. The summed E-state index contributed by atoms with van der Waals surface area (Å²) in [7, 11) is 0. The minimum atomic E-state index is -2.66. The average Bonchev–Trinajstić information content (AvgIpc) is 3.57. The molecule has 0 heterocycles. The molecule has 0 fully saturated rings. The summed E-state index contributed by atoms with van der Waals surface area (Å²) in [5, 5.41) is 40.2. The van der Waals surface area contributed by atoms with Gasteiger partial charge in [-0.05, 0) is 115 Å². The highest BCUT2D eigenvalue weighted by Crippen LogP contribution is 2.39. The quantitative estimate of drug-likeness (QED) is 0.0101. The Morgan fingerprint density at radius 1 is 0.578 bits per heavy atom. The van der Waals surface area contributed by atoms with E-state index in [1.54, 1.807) is 27.7 Å². The van der Waals surface area contributed by atoms with Gasteiger partial charge in [0.25, 0.3) is 11.5 Å². The van der Waals surface area contributed by atoms with Gasteiger partial charge in [-0.15, -0.1) is 0 Å². The van der Waals surface area contributed by atoms with Gasteiger partial charge in [0.1, 0.15) is 24.3 Å². The van der Waals surface area contributed by atoms with Crippen LogP contribution in [0.3, 0.4) is 0 Å². The molecule has 0 aliphatic heterocycles. The Bertz CT molecular complexity index is 2380. The van der Waals surface area contributed by atoms with Gasteiger partial charge in [0.15, 0.2) is 12.1 Å². The van der Waals surface area contributed by atoms with Crippen LogP contribution < -0.4 is 0 Å². The third-order valence-corrected chi connectivity index (χ3v) is 16.6. The fourth-order valence-electron chi connectivity index (χ4n) is 12.4. The van der Waals surface area contributed by atoms with E-state index >= 15 is 9.59 Å². The second-order valence-corrected chi connectivity index (χ2v) is 27.4. The lowest BCUT2D eigenvalue weighted by Crippen LogP contribution is -2.69. The average molecular weight is 1170 g/mol. The van der Waals surface area contributed by atoms with E-state index in [4.69, 9.17) is 47.6 Å². The van der Waals surface area contributed by atoms with Gasteiger partial charge in [-0.1, -0.05) is 104 Å². The molecule has 7 unspecified atom stereocenters. The van der Waals surface area contributed by atoms with Crippen LogP contribution in [0.4, 0.5) is 0 Å². The summed E-state index contributed by atoms with van der Waals surface area (Å²) < 4.78 is 30.0. The van der Waals surface area contributed by atoms with E-state index in [0.717, 1.165) is 12.8 Å². The van der Waals surface area contributed by atoms with Crippen molar-refractivity contribution < 1.29 is 61.4 Å². The van der Waals surface area contributed by atoms with Crippen molar-refractivity contribution in [1.82, 2.24) is 0 Å². The topological polar surface area (TPSA) is 215 Å². The first-order valence-corrected chi connectivity index (χ1v) is 30.6. The van der Waals surface area contributed by atoms with Crippen molar-refractivity contribution in [2.45, 2.75) is 233 Å². The molecule has 0 spiro atoms. The number of esters is 4. The lowest BCUT2D eigenvalue weighted by molar-refractivity contribution is -0.959. The van der Waals surface area contributed by atoms with Crippen LogP contribution in [0.15, 0.2) is 22.8 Å². The first-order valence-electron chi connectivity index (χ1n) is 30.6. The molecule has 0 aliphatic rings. The van der Waals surface area contributed by atoms with E-state index in [0.29, 0.717) is 69.4 Å². The first-order chi connectivity index (χ1) is 38.3. The summed E-state index contributed by atoms with van der Waals surface area (Å²) in [5.41, 5.74) is -6.27. The van der Waals surface area contributed by atoms with Crippen LogP contribution in [0, 0.1) is 69.3 Å². The molecule has 7 atom stereocenters. The molecule has 0 aromatic heterocycles. The lowest BCUT2D eigenvalue weighted by Gasteiger charge is -2.48. The van der Waals surface area contributed by atoms with Crippen molar-refractivity contribution in [1.29, 1.82) is 16.1 Å². The van der Waals surface area contributed by atoms with Crippen LogP contribution in [0.25, 0.3) is 9.69 Å². The summed E-state index contributed by atoms with van der Waals surface area (Å²) in [5.74, 6) is -1.26. The molecule has 0 aliphatic carbocycles. The number of ether oxygens (including phenoxy) is 5. The van der Waals surface area contributed by atoms with Gasteiger partial charge in [0.05, 0.1) is 84.4 Å². The van der Waals surface area contributed by atoms with E-state index in [1.807, 2.05) is 48.5 Å². The maximum Gasteiger partial charge on any atom is 0.413 e. The van der Waals surface area contributed by atoms with Gasteiger partial charge in [-0.2, -0.15) is 5.26 Å². The van der Waals surface area contributed by atoms with Crippen molar-refractivity contribution in [3.05, 3.63) is 45.6 Å². The standard InChI is InChI=1S/C65H112N8O10/c1-25-50(13)79-55(74)51(39-66)37-64(70-24,46-72(30-6,31-7)42-48(11)35-62(17,18)19)58(77)82-60(81-56(75)52(40-67)44-71(28-4,29-5)41-47(10)34-61(14,15)16)83-59(78)65(45-68,38-54(69-23)57(76)80-53(26-2)27-3)73(32-8,33-9)43-49(12)36-63(20,21)22/h47-50,53,60,66-67H,25-38,41-44,46H2,1-22H3/q+2/p+1. The highest BCUT2D eigenvalue weighted by atomic mass is 16.9. The third kappa shape index (κ3) is 23.5. The molecule has 18 heteroatoms. The predicted octanol–water partition coefficient (Wildman–Crippen LogP) is 12.9. The highest BCUT2D eigenvalue weighted by molar-refractivity contribution is 5.99. The molecule has 470 valence electrons. The summed E-state index contributed by atoms with van der Waals surface area (Å²) in [4.78, 5) is 68.0. The fourth-order valence-corrected chi connectivity index (χ4v) is 12.4. The maximum atomic E-state index is 15.9. The molecule has 0 rings (SSSR count). The number of quaternary nitrogens is 3. The Morgan fingerprint density at radius 3 is 1.39 bits per heavy atom. The highest BCUT2D eigenvalue weighted by Gasteiger charge is 2.62. The number of nitrogens with zero attached hydrogens (tertiary/aromatic N) is 6. The van der Waals surface area contributed by atoms with Crippen LogP contribution in [0.1, 0.15) is 204 Å². The SMILES string of the molecule is [C-]#[N+]C(CC(C#N)(C(=O)OC(OC(=O)C(=C=N)C[N+](CC)(CC)CC(C)CC(C)(C)C)OC(=O)C(CC(=C=N)C(=O)OC(C)CC)(C[N+](CC)(CC)CC(C)CC(C)(C)C)[N+]#[C-])[N+](CC)(CC)CC(C)CC(C)(C)C)=C(O)OC(CC)CC. The van der Waals surface area contributed by atoms with Gasteiger partial charge in [-0.25, -0.2) is 30.6 Å². The number of nitrogens with one attached hydrogen (secondary N) is 2. The van der Waals surface area contributed by atoms with Crippen LogP contribution in [0.2, 0.25) is 0 Å². The normalized spacial score (nSPS) is 16.0.